The fourth-order valence-electron chi connectivity index (χ4n) is 1.32. The van der Waals surface area contributed by atoms with Gasteiger partial charge in [-0.25, -0.2) is 0 Å². The van der Waals surface area contributed by atoms with Gasteiger partial charge in [0.2, 0.25) is 0 Å². The second kappa shape index (κ2) is 3.43. The van der Waals surface area contributed by atoms with Crippen molar-refractivity contribution < 1.29 is 9.32 Å². The molecule has 0 radical (unpaired) electrons. The molecule has 1 amide bonds. The minimum atomic E-state index is -0.164. The van der Waals surface area contributed by atoms with E-state index < -0.39 is 0 Å². The van der Waals surface area contributed by atoms with Gasteiger partial charge < -0.3 is 9.84 Å². The minimum Gasteiger partial charge on any atom is -0.364 e. The van der Waals surface area contributed by atoms with E-state index in [0.717, 1.165) is 12.8 Å². The predicted molar refractivity (Wildman–Crippen MR) is 46.1 cm³/mol. The van der Waals surface area contributed by atoms with Gasteiger partial charge in [0.15, 0.2) is 5.69 Å². The zero-order chi connectivity index (χ0) is 9.10. The van der Waals surface area contributed by atoms with Crippen LogP contribution in [-0.4, -0.2) is 17.1 Å². The van der Waals surface area contributed by atoms with Crippen molar-refractivity contribution in [3.05, 3.63) is 30.2 Å². The second-order valence-electron chi connectivity index (χ2n) is 3.00. The maximum absolute atomic E-state index is 11.4. The molecule has 0 spiro atoms. The van der Waals surface area contributed by atoms with Crippen molar-refractivity contribution >= 4 is 5.91 Å². The van der Waals surface area contributed by atoms with E-state index in [4.69, 9.17) is 0 Å². The topological polar surface area (TPSA) is 55.1 Å². The Morgan fingerprint density at radius 1 is 1.54 bits per heavy atom. The molecule has 4 nitrogen and oxygen atoms in total. The third kappa shape index (κ3) is 1.77. The lowest BCUT2D eigenvalue weighted by molar-refractivity contribution is 0.0930. The summed E-state index contributed by atoms with van der Waals surface area (Å²) in [5.74, 6) is -0.164. The number of hydrogen-bond acceptors (Lipinski definition) is 3. The summed E-state index contributed by atoms with van der Waals surface area (Å²) in [4.78, 5) is 11.4. The molecule has 2 rings (SSSR count). The molecule has 1 aliphatic carbocycles. The zero-order valence-corrected chi connectivity index (χ0v) is 7.06. The van der Waals surface area contributed by atoms with E-state index in [0.29, 0.717) is 5.69 Å². The van der Waals surface area contributed by atoms with Gasteiger partial charge in [-0.1, -0.05) is 17.3 Å². The van der Waals surface area contributed by atoms with Crippen LogP contribution in [0, 0.1) is 0 Å². The van der Waals surface area contributed by atoms with Crippen LogP contribution in [0.3, 0.4) is 0 Å². The molecule has 68 valence electrons. The largest absolute Gasteiger partial charge is 0.364 e. The van der Waals surface area contributed by atoms with Crippen molar-refractivity contribution in [3.8, 4) is 0 Å². The predicted octanol–water partition coefficient (Wildman–Crippen LogP) is 1.12. The van der Waals surface area contributed by atoms with E-state index in [9.17, 15) is 4.79 Å². The third-order valence-corrected chi connectivity index (χ3v) is 2.01. The smallest absolute Gasteiger partial charge is 0.273 e. The zero-order valence-electron chi connectivity index (χ0n) is 7.06. The summed E-state index contributed by atoms with van der Waals surface area (Å²) in [6.45, 7) is 0. The molecule has 4 heteroatoms. The van der Waals surface area contributed by atoms with Crippen LogP contribution < -0.4 is 5.32 Å². The van der Waals surface area contributed by atoms with Gasteiger partial charge >= 0.3 is 0 Å². The summed E-state index contributed by atoms with van der Waals surface area (Å²) >= 11 is 0. The summed E-state index contributed by atoms with van der Waals surface area (Å²) in [6, 6.07) is 1.78. The maximum atomic E-state index is 11.4. The van der Waals surface area contributed by atoms with Gasteiger partial charge in [0.05, 0.1) is 0 Å². The first kappa shape index (κ1) is 8.04. The molecule has 1 heterocycles. The van der Waals surface area contributed by atoms with Crippen molar-refractivity contribution in [2.75, 3.05) is 0 Å². The van der Waals surface area contributed by atoms with E-state index >= 15 is 0 Å². The quantitative estimate of drug-likeness (QED) is 0.690. The van der Waals surface area contributed by atoms with Crippen LogP contribution in [0.4, 0.5) is 0 Å². The second-order valence-corrected chi connectivity index (χ2v) is 3.00. The molecule has 1 aromatic heterocycles. The molecule has 0 atom stereocenters. The van der Waals surface area contributed by atoms with Crippen molar-refractivity contribution in [3.63, 3.8) is 0 Å². The molecule has 13 heavy (non-hydrogen) atoms. The Labute approximate surface area is 75.6 Å². The van der Waals surface area contributed by atoms with E-state index in [1.54, 1.807) is 6.07 Å². The summed E-state index contributed by atoms with van der Waals surface area (Å²) < 4.78 is 4.57. The molecule has 1 aliphatic rings. The molecule has 0 fully saturated rings. The van der Waals surface area contributed by atoms with Crippen LogP contribution in [-0.2, 0) is 0 Å². The van der Waals surface area contributed by atoms with Gasteiger partial charge in [0.25, 0.3) is 5.91 Å². The summed E-state index contributed by atoms with van der Waals surface area (Å²) in [5.41, 5.74) is 0.340. The first-order chi connectivity index (χ1) is 6.36. The molecule has 0 saturated heterocycles. The standard InChI is InChI=1S/C9H10N2O2/c12-9(8-5-6-13-11-8)10-7-3-1-2-4-7/h1-2,5-7H,3-4H2,(H,10,12). The maximum Gasteiger partial charge on any atom is 0.273 e. The number of carbonyl (C=O) groups excluding carboxylic acids is 1. The van der Waals surface area contributed by atoms with Gasteiger partial charge in [0, 0.05) is 12.1 Å². The monoisotopic (exact) mass is 178 g/mol. The lowest BCUT2D eigenvalue weighted by Crippen LogP contribution is -2.32. The van der Waals surface area contributed by atoms with Crippen LogP contribution >= 0.6 is 0 Å². The molecule has 0 aromatic carbocycles. The van der Waals surface area contributed by atoms with Crippen molar-refractivity contribution in [1.82, 2.24) is 10.5 Å². The number of aromatic nitrogens is 1. The van der Waals surface area contributed by atoms with E-state index in [1.165, 1.54) is 6.26 Å². The number of hydrogen-bond donors (Lipinski definition) is 1. The summed E-state index contributed by atoms with van der Waals surface area (Å²) in [5, 5.41) is 6.41. The van der Waals surface area contributed by atoms with Gasteiger partial charge in [-0.15, -0.1) is 0 Å². The first-order valence-corrected chi connectivity index (χ1v) is 4.22. The van der Waals surface area contributed by atoms with Gasteiger partial charge in [0.1, 0.15) is 6.26 Å². The van der Waals surface area contributed by atoms with Crippen LogP contribution in [0.15, 0.2) is 29.0 Å². The fraction of sp³-hybridized carbons (Fsp3) is 0.333. The van der Waals surface area contributed by atoms with Crippen LogP contribution in [0.25, 0.3) is 0 Å². The molecule has 0 unspecified atom stereocenters. The molecule has 1 N–H and O–H groups in total. The van der Waals surface area contributed by atoms with Crippen LogP contribution in [0.1, 0.15) is 23.3 Å². The normalized spacial score (nSPS) is 16.3. The first-order valence-electron chi connectivity index (χ1n) is 4.22. The van der Waals surface area contributed by atoms with Crippen LogP contribution in [0.2, 0.25) is 0 Å². The number of amides is 1. The van der Waals surface area contributed by atoms with Crippen molar-refractivity contribution in [1.29, 1.82) is 0 Å². The van der Waals surface area contributed by atoms with E-state index in [1.807, 2.05) is 0 Å². The highest BCUT2D eigenvalue weighted by atomic mass is 16.5. The number of nitrogens with one attached hydrogen (secondary N) is 1. The summed E-state index contributed by atoms with van der Waals surface area (Å²) in [6.07, 6.45) is 7.33. The highest BCUT2D eigenvalue weighted by molar-refractivity contribution is 5.92. The Balaban J connectivity index is 1.92. The molecule has 0 saturated carbocycles. The molecular weight excluding hydrogens is 168 g/mol. The summed E-state index contributed by atoms with van der Waals surface area (Å²) in [7, 11) is 0. The highest BCUT2D eigenvalue weighted by Gasteiger charge is 2.15. The third-order valence-electron chi connectivity index (χ3n) is 2.01. The Kier molecular flexibility index (Phi) is 2.12. The van der Waals surface area contributed by atoms with Gasteiger partial charge in [-0.2, -0.15) is 0 Å². The number of rotatable bonds is 2. The lowest BCUT2D eigenvalue weighted by atomic mass is 10.2. The average Bonchev–Trinajstić information content (AvgIpc) is 2.74. The Morgan fingerprint density at radius 2 is 2.31 bits per heavy atom. The molecule has 0 bridgehead atoms. The number of carbonyl (C=O) groups is 1. The number of nitrogens with zero attached hydrogens (tertiary/aromatic N) is 1. The SMILES string of the molecule is O=C(NC1CC=CC1)c1ccon1. The highest BCUT2D eigenvalue weighted by Crippen LogP contribution is 2.09. The Morgan fingerprint density at radius 3 is 2.92 bits per heavy atom. The lowest BCUT2D eigenvalue weighted by Gasteiger charge is -2.09. The van der Waals surface area contributed by atoms with Crippen molar-refractivity contribution in [2.24, 2.45) is 0 Å². The van der Waals surface area contributed by atoms with Gasteiger partial charge in [-0.3, -0.25) is 4.79 Å². The van der Waals surface area contributed by atoms with E-state index in [-0.39, 0.29) is 11.9 Å². The van der Waals surface area contributed by atoms with Crippen molar-refractivity contribution in [2.45, 2.75) is 18.9 Å². The molecule has 0 aliphatic heterocycles. The Hall–Kier alpha value is -1.58. The Bertz CT molecular complexity index is 308. The van der Waals surface area contributed by atoms with Crippen LogP contribution in [0.5, 0.6) is 0 Å². The van der Waals surface area contributed by atoms with E-state index in [2.05, 4.69) is 27.1 Å². The molecule has 1 aromatic rings. The molecular formula is C9H10N2O2. The minimum absolute atomic E-state index is 0.164. The van der Waals surface area contributed by atoms with Gasteiger partial charge in [-0.05, 0) is 12.8 Å². The fourth-order valence-corrected chi connectivity index (χ4v) is 1.32. The average molecular weight is 178 g/mol.